The summed E-state index contributed by atoms with van der Waals surface area (Å²) in [6.07, 6.45) is 2.18. The van der Waals surface area contributed by atoms with Crippen molar-refractivity contribution < 1.29 is 0 Å². The topological polar surface area (TPSA) is 35.6 Å². The van der Waals surface area contributed by atoms with Crippen molar-refractivity contribution in [2.75, 3.05) is 0 Å². The molecule has 4 heterocycles. The number of hydrogen-bond donors (Lipinski definition) is 0. The quantitative estimate of drug-likeness (QED) is 0.220. The van der Waals surface area contributed by atoms with Crippen LogP contribution < -0.4 is 0 Å². The van der Waals surface area contributed by atoms with E-state index in [0.717, 1.165) is 38.7 Å². The largest absolute Gasteiger partial charge is 0.316 e. The molecule has 0 fully saturated rings. The van der Waals surface area contributed by atoms with Crippen molar-refractivity contribution in [2.24, 2.45) is 0 Å². The molecule has 0 aliphatic carbocycles. The first-order chi connectivity index (χ1) is 20.0. The van der Waals surface area contributed by atoms with Gasteiger partial charge in [0.25, 0.3) is 0 Å². The van der Waals surface area contributed by atoms with Crippen LogP contribution in [0.3, 0.4) is 0 Å². The maximum absolute atomic E-state index is 5.07. The normalized spacial score (nSPS) is 12.3. The minimum absolute atomic E-state index is 0.0680. The van der Waals surface area contributed by atoms with E-state index in [0.29, 0.717) is 0 Å². The number of nitrogens with zero attached hydrogens (tertiary/aromatic N) is 4. The lowest BCUT2D eigenvalue weighted by Crippen LogP contribution is -2.15. The third-order valence-electron chi connectivity index (χ3n) is 7.96. The molecule has 0 amide bonds. The highest BCUT2D eigenvalue weighted by Crippen LogP contribution is 2.38. The van der Waals surface area contributed by atoms with Gasteiger partial charge in [-0.05, 0) is 66.0 Å². The van der Waals surface area contributed by atoms with E-state index in [1.807, 2.05) is 0 Å². The van der Waals surface area contributed by atoms with Crippen LogP contribution in [0.25, 0.3) is 65.7 Å². The molecule has 4 aromatic heterocycles. The Bertz CT molecular complexity index is 2230. The fourth-order valence-electron chi connectivity index (χ4n) is 6.07. The first-order valence-electron chi connectivity index (χ1n) is 13.9. The summed E-state index contributed by atoms with van der Waals surface area (Å²) in [5, 5.41) is 6.99. The Hall–Kier alpha value is -4.74. The van der Waals surface area contributed by atoms with Crippen LogP contribution in [-0.4, -0.2) is 19.1 Å². The predicted molar refractivity (Wildman–Crippen MR) is 173 cm³/mol. The molecule has 8 rings (SSSR count). The summed E-state index contributed by atoms with van der Waals surface area (Å²) in [6, 6.07) is 36.8. The fraction of sp³-hybridized carbons (Fsp3) is 0.111. The van der Waals surface area contributed by atoms with Crippen LogP contribution in [0, 0.1) is 0 Å². The Labute approximate surface area is 242 Å². The number of aromatic nitrogens is 4. The Morgan fingerprint density at radius 2 is 1.39 bits per heavy atom. The molecule has 0 aliphatic rings. The van der Waals surface area contributed by atoms with Gasteiger partial charge in [0.15, 0.2) is 5.82 Å². The van der Waals surface area contributed by atoms with E-state index < -0.39 is 0 Å². The van der Waals surface area contributed by atoms with Crippen molar-refractivity contribution in [3.05, 3.63) is 120 Å². The van der Waals surface area contributed by atoms with E-state index in [4.69, 9.17) is 9.97 Å². The molecular weight excluding hydrogens is 520 g/mol. The molecule has 0 unspecified atom stereocenters. The molecule has 0 atom stereocenters. The third kappa shape index (κ3) is 3.73. The summed E-state index contributed by atoms with van der Waals surface area (Å²) < 4.78 is 4.67. The molecule has 0 spiro atoms. The Balaban J connectivity index is 1.33. The van der Waals surface area contributed by atoms with Crippen LogP contribution in [0.5, 0.6) is 0 Å². The van der Waals surface area contributed by atoms with Gasteiger partial charge < -0.3 is 9.13 Å². The van der Waals surface area contributed by atoms with E-state index in [-0.39, 0.29) is 5.41 Å². The zero-order valence-corrected chi connectivity index (χ0v) is 24.0. The van der Waals surface area contributed by atoms with Crippen LogP contribution in [0.2, 0.25) is 0 Å². The maximum atomic E-state index is 5.07. The highest BCUT2D eigenvalue weighted by molar-refractivity contribution is 7.16. The lowest BCUT2D eigenvalue weighted by molar-refractivity contribution is 0.575. The van der Waals surface area contributed by atoms with Gasteiger partial charge in [0.1, 0.15) is 4.83 Å². The predicted octanol–water partition coefficient (Wildman–Crippen LogP) is 9.70. The molecule has 0 saturated carbocycles. The molecule has 0 radical (unpaired) electrons. The SMILES string of the molecule is CC(C)(C)c1nc(-c2ccc(-n3c4ccccc4c4ccc5c(ccn5-c5ccccc5)c43)cc2)nc2sccc12. The van der Waals surface area contributed by atoms with Gasteiger partial charge in [-0.15, -0.1) is 11.3 Å². The first-order valence-corrected chi connectivity index (χ1v) is 14.8. The van der Waals surface area contributed by atoms with Crippen molar-refractivity contribution in [3.63, 3.8) is 0 Å². The van der Waals surface area contributed by atoms with Crippen molar-refractivity contribution in [1.82, 2.24) is 19.1 Å². The lowest BCUT2D eigenvalue weighted by atomic mass is 9.90. The summed E-state index contributed by atoms with van der Waals surface area (Å²) in [7, 11) is 0. The number of thiophene rings is 1. The van der Waals surface area contributed by atoms with Crippen LogP contribution in [0.4, 0.5) is 0 Å². The summed E-state index contributed by atoms with van der Waals surface area (Å²) >= 11 is 1.67. The second-order valence-electron chi connectivity index (χ2n) is 11.6. The molecule has 41 heavy (non-hydrogen) atoms. The van der Waals surface area contributed by atoms with Crippen molar-refractivity contribution in [2.45, 2.75) is 26.2 Å². The molecule has 198 valence electrons. The van der Waals surface area contributed by atoms with Gasteiger partial charge in [0.05, 0.1) is 22.2 Å². The molecule has 8 aromatic rings. The van der Waals surface area contributed by atoms with Crippen molar-refractivity contribution in [1.29, 1.82) is 0 Å². The molecule has 0 bridgehead atoms. The van der Waals surface area contributed by atoms with Crippen LogP contribution in [0.15, 0.2) is 115 Å². The zero-order valence-electron chi connectivity index (χ0n) is 23.2. The Morgan fingerprint density at radius 3 is 2.20 bits per heavy atom. The van der Waals surface area contributed by atoms with Gasteiger partial charge in [-0.2, -0.15) is 0 Å². The summed E-state index contributed by atoms with van der Waals surface area (Å²) in [4.78, 5) is 11.0. The fourth-order valence-corrected chi connectivity index (χ4v) is 6.84. The van der Waals surface area contributed by atoms with Crippen molar-refractivity contribution in [3.8, 4) is 22.8 Å². The number of para-hydroxylation sites is 2. The van der Waals surface area contributed by atoms with Crippen LogP contribution in [0.1, 0.15) is 26.5 Å². The summed E-state index contributed by atoms with van der Waals surface area (Å²) in [5.41, 5.74) is 7.93. The van der Waals surface area contributed by atoms with E-state index in [9.17, 15) is 0 Å². The van der Waals surface area contributed by atoms with Crippen LogP contribution >= 0.6 is 11.3 Å². The Morgan fingerprint density at radius 1 is 0.610 bits per heavy atom. The summed E-state index contributed by atoms with van der Waals surface area (Å²) in [6.45, 7) is 6.65. The minimum Gasteiger partial charge on any atom is -0.316 e. The number of benzene rings is 4. The molecular formula is C36H28N4S. The molecule has 0 saturated heterocycles. The van der Waals surface area contributed by atoms with Gasteiger partial charge in [-0.25, -0.2) is 9.97 Å². The second kappa shape index (κ2) is 8.88. The monoisotopic (exact) mass is 548 g/mol. The van der Waals surface area contributed by atoms with Crippen molar-refractivity contribution >= 4 is 54.3 Å². The van der Waals surface area contributed by atoms with Gasteiger partial charge >= 0.3 is 0 Å². The number of rotatable bonds is 3. The standard InChI is InChI=1S/C36H28N4S/c1-36(2,3)33-29-20-22-41-35(29)38-34(37-33)23-13-15-25(16-14-23)40-31-12-8-7-11-26(31)27-17-18-30-28(32(27)40)19-21-39(30)24-9-5-4-6-10-24/h4-22H,1-3H3. The van der Waals surface area contributed by atoms with E-state index in [1.54, 1.807) is 11.3 Å². The average Bonchev–Trinajstić information content (AvgIpc) is 3.72. The van der Waals surface area contributed by atoms with E-state index in [2.05, 4.69) is 145 Å². The number of hydrogen-bond acceptors (Lipinski definition) is 3. The van der Waals surface area contributed by atoms with E-state index in [1.165, 1.54) is 32.7 Å². The molecule has 4 aromatic carbocycles. The van der Waals surface area contributed by atoms with Gasteiger partial charge in [-0.3, -0.25) is 0 Å². The van der Waals surface area contributed by atoms with Crippen LogP contribution in [-0.2, 0) is 5.41 Å². The maximum Gasteiger partial charge on any atom is 0.161 e. The third-order valence-corrected chi connectivity index (χ3v) is 8.76. The second-order valence-corrected chi connectivity index (χ2v) is 12.5. The smallest absolute Gasteiger partial charge is 0.161 e. The summed E-state index contributed by atoms with van der Waals surface area (Å²) in [5.74, 6) is 0.779. The first kappa shape index (κ1) is 24.1. The highest BCUT2D eigenvalue weighted by atomic mass is 32.1. The zero-order chi connectivity index (χ0) is 27.7. The average molecular weight is 549 g/mol. The van der Waals surface area contributed by atoms with Gasteiger partial charge in [0.2, 0.25) is 0 Å². The van der Waals surface area contributed by atoms with Gasteiger partial charge in [-0.1, -0.05) is 63.2 Å². The molecule has 4 nitrogen and oxygen atoms in total. The number of fused-ring (bicyclic) bond motifs is 6. The molecule has 0 aliphatic heterocycles. The van der Waals surface area contributed by atoms with E-state index >= 15 is 0 Å². The Kier molecular flexibility index (Phi) is 5.22. The van der Waals surface area contributed by atoms with Gasteiger partial charge in [0, 0.05) is 50.1 Å². The molecule has 5 heteroatoms. The molecule has 0 N–H and O–H groups in total. The minimum atomic E-state index is -0.0680. The lowest BCUT2D eigenvalue weighted by Gasteiger charge is -2.19. The highest BCUT2D eigenvalue weighted by Gasteiger charge is 2.22.